The number of aromatic nitrogens is 3. The second-order valence-electron chi connectivity index (χ2n) is 5.78. The van der Waals surface area contributed by atoms with E-state index >= 15 is 0 Å². The molecule has 0 aliphatic carbocycles. The lowest BCUT2D eigenvalue weighted by Gasteiger charge is -2.07. The molecule has 0 amide bonds. The average Bonchev–Trinajstić information content (AvgIpc) is 2.78. The molecule has 3 aromatic rings. The van der Waals surface area contributed by atoms with Gasteiger partial charge in [-0.15, -0.1) is 0 Å². The molecule has 0 atom stereocenters. The predicted octanol–water partition coefficient (Wildman–Crippen LogP) is 4.78. The molecule has 21 heavy (non-hydrogen) atoms. The normalized spacial score (nSPS) is 11.6. The first-order valence-corrected chi connectivity index (χ1v) is 7.94. The molecule has 3 rings (SSSR count). The molecule has 0 unspecified atom stereocenters. The molecule has 0 N–H and O–H groups in total. The first kappa shape index (κ1) is 14.1. The van der Waals surface area contributed by atoms with E-state index in [0.29, 0.717) is 0 Å². The Hall–Kier alpha value is -1.90. The molecule has 2 aromatic heterocycles. The number of rotatable bonds is 5. The van der Waals surface area contributed by atoms with E-state index in [0.717, 1.165) is 23.7 Å². The van der Waals surface area contributed by atoms with Crippen LogP contribution in [0.4, 0.5) is 0 Å². The quantitative estimate of drug-likeness (QED) is 0.630. The van der Waals surface area contributed by atoms with Gasteiger partial charge in [0.05, 0.1) is 11.2 Å². The lowest BCUT2D eigenvalue weighted by molar-refractivity contribution is 0.600. The van der Waals surface area contributed by atoms with E-state index in [2.05, 4.69) is 47.7 Å². The lowest BCUT2D eigenvalue weighted by atomic mass is 10.2. The van der Waals surface area contributed by atoms with Crippen LogP contribution in [0.3, 0.4) is 0 Å². The van der Waals surface area contributed by atoms with Gasteiger partial charge >= 0.3 is 0 Å². The molecular weight excluding hydrogens is 258 g/mol. The van der Waals surface area contributed by atoms with Gasteiger partial charge in [-0.05, 0) is 26.3 Å². The number of nitrogens with zero attached hydrogens (tertiary/aromatic N) is 3. The summed E-state index contributed by atoms with van der Waals surface area (Å²) >= 11 is 0. The summed E-state index contributed by atoms with van der Waals surface area (Å²) in [5.41, 5.74) is 3.46. The SMILES string of the molecule is CCCCCCn1c2ccccc2c2c(C)nc(C)nc21. The fourth-order valence-electron chi connectivity index (χ4n) is 3.16. The topological polar surface area (TPSA) is 30.7 Å². The lowest BCUT2D eigenvalue weighted by Crippen LogP contribution is -2.01. The predicted molar refractivity (Wildman–Crippen MR) is 88.7 cm³/mol. The van der Waals surface area contributed by atoms with Crippen molar-refractivity contribution in [3.05, 3.63) is 35.8 Å². The monoisotopic (exact) mass is 281 g/mol. The van der Waals surface area contributed by atoms with Crippen LogP contribution < -0.4 is 0 Å². The first-order chi connectivity index (χ1) is 10.2. The van der Waals surface area contributed by atoms with Gasteiger partial charge < -0.3 is 4.57 Å². The zero-order chi connectivity index (χ0) is 14.8. The van der Waals surface area contributed by atoms with Gasteiger partial charge in [0.2, 0.25) is 0 Å². The van der Waals surface area contributed by atoms with Crippen LogP contribution in [-0.2, 0) is 6.54 Å². The van der Waals surface area contributed by atoms with Gasteiger partial charge in [-0.2, -0.15) is 0 Å². The van der Waals surface area contributed by atoms with Crippen LogP contribution in [0.5, 0.6) is 0 Å². The van der Waals surface area contributed by atoms with Crippen LogP contribution in [0.15, 0.2) is 24.3 Å². The molecule has 3 heteroatoms. The second kappa shape index (κ2) is 5.84. The molecule has 0 fully saturated rings. The van der Waals surface area contributed by atoms with Crippen LogP contribution in [0.2, 0.25) is 0 Å². The largest absolute Gasteiger partial charge is 0.325 e. The van der Waals surface area contributed by atoms with Crippen molar-refractivity contribution >= 4 is 21.9 Å². The fourth-order valence-corrected chi connectivity index (χ4v) is 3.16. The Morgan fingerprint density at radius 3 is 2.62 bits per heavy atom. The highest BCUT2D eigenvalue weighted by molar-refractivity contribution is 6.07. The molecule has 0 radical (unpaired) electrons. The van der Waals surface area contributed by atoms with Gasteiger partial charge in [-0.25, -0.2) is 9.97 Å². The number of fused-ring (bicyclic) bond motifs is 3. The first-order valence-electron chi connectivity index (χ1n) is 7.94. The molecule has 0 bridgehead atoms. The van der Waals surface area contributed by atoms with Crippen molar-refractivity contribution in [2.45, 2.75) is 53.0 Å². The van der Waals surface area contributed by atoms with Crippen molar-refractivity contribution in [3.63, 3.8) is 0 Å². The summed E-state index contributed by atoms with van der Waals surface area (Å²) in [6, 6.07) is 8.60. The Morgan fingerprint density at radius 1 is 1.00 bits per heavy atom. The Labute approximate surface area is 126 Å². The maximum Gasteiger partial charge on any atom is 0.145 e. The third kappa shape index (κ3) is 2.53. The summed E-state index contributed by atoms with van der Waals surface area (Å²) in [4.78, 5) is 9.27. The maximum absolute atomic E-state index is 4.72. The fraction of sp³-hybridized carbons (Fsp3) is 0.444. The molecule has 0 saturated heterocycles. The van der Waals surface area contributed by atoms with Crippen molar-refractivity contribution in [2.75, 3.05) is 0 Å². The summed E-state index contributed by atoms with van der Waals surface area (Å²) in [7, 11) is 0. The zero-order valence-corrected chi connectivity index (χ0v) is 13.2. The molecule has 0 saturated carbocycles. The average molecular weight is 281 g/mol. The Bertz CT molecular complexity index is 771. The highest BCUT2D eigenvalue weighted by atomic mass is 15.1. The van der Waals surface area contributed by atoms with Gasteiger partial charge in [-0.3, -0.25) is 0 Å². The number of benzene rings is 1. The number of hydrogen-bond acceptors (Lipinski definition) is 2. The number of aryl methyl sites for hydroxylation is 3. The van der Waals surface area contributed by atoms with E-state index in [1.54, 1.807) is 0 Å². The van der Waals surface area contributed by atoms with E-state index in [4.69, 9.17) is 4.98 Å². The van der Waals surface area contributed by atoms with Crippen molar-refractivity contribution < 1.29 is 0 Å². The standard InChI is InChI=1S/C18H23N3/c1-4-5-6-9-12-21-16-11-8-7-10-15(16)17-13(2)19-14(3)20-18(17)21/h7-8,10-11H,4-6,9,12H2,1-3H3. The van der Waals surface area contributed by atoms with Crippen LogP contribution in [-0.4, -0.2) is 14.5 Å². The molecule has 110 valence electrons. The van der Waals surface area contributed by atoms with Crippen LogP contribution in [0.1, 0.15) is 44.1 Å². The minimum Gasteiger partial charge on any atom is -0.325 e. The minimum absolute atomic E-state index is 0.859. The maximum atomic E-state index is 4.72. The summed E-state index contributed by atoms with van der Waals surface area (Å²) in [6.45, 7) is 7.36. The summed E-state index contributed by atoms with van der Waals surface area (Å²) in [5.74, 6) is 0.859. The van der Waals surface area contributed by atoms with E-state index in [9.17, 15) is 0 Å². The van der Waals surface area contributed by atoms with E-state index in [1.165, 1.54) is 42.0 Å². The van der Waals surface area contributed by atoms with Crippen LogP contribution in [0.25, 0.3) is 21.9 Å². The number of para-hydroxylation sites is 1. The Balaban J connectivity index is 2.14. The van der Waals surface area contributed by atoms with Crippen LogP contribution in [0, 0.1) is 13.8 Å². The van der Waals surface area contributed by atoms with Crippen molar-refractivity contribution in [1.29, 1.82) is 0 Å². The minimum atomic E-state index is 0.859. The summed E-state index contributed by atoms with van der Waals surface area (Å²) < 4.78 is 2.38. The summed E-state index contributed by atoms with van der Waals surface area (Å²) in [5, 5.41) is 2.49. The third-order valence-electron chi connectivity index (χ3n) is 4.14. The molecule has 0 spiro atoms. The van der Waals surface area contributed by atoms with Gasteiger partial charge in [-0.1, -0.05) is 44.4 Å². The second-order valence-corrected chi connectivity index (χ2v) is 5.78. The number of unbranched alkanes of at least 4 members (excludes halogenated alkanes) is 3. The molecule has 2 heterocycles. The molecule has 0 aliphatic heterocycles. The summed E-state index contributed by atoms with van der Waals surface area (Å²) in [6.07, 6.45) is 5.08. The van der Waals surface area contributed by atoms with Crippen molar-refractivity contribution in [1.82, 2.24) is 14.5 Å². The molecule has 3 nitrogen and oxygen atoms in total. The highest BCUT2D eigenvalue weighted by Gasteiger charge is 2.14. The van der Waals surface area contributed by atoms with E-state index < -0.39 is 0 Å². The third-order valence-corrected chi connectivity index (χ3v) is 4.14. The van der Waals surface area contributed by atoms with Crippen LogP contribution >= 0.6 is 0 Å². The van der Waals surface area contributed by atoms with Gasteiger partial charge in [0.15, 0.2) is 0 Å². The van der Waals surface area contributed by atoms with E-state index in [1.807, 2.05) is 6.92 Å². The van der Waals surface area contributed by atoms with Crippen molar-refractivity contribution in [2.24, 2.45) is 0 Å². The van der Waals surface area contributed by atoms with Gasteiger partial charge in [0.1, 0.15) is 11.5 Å². The van der Waals surface area contributed by atoms with E-state index in [-0.39, 0.29) is 0 Å². The van der Waals surface area contributed by atoms with Gasteiger partial charge in [0, 0.05) is 17.3 Å². The highest BCUT2D eigenvalue weighted by Crippen LogP contribution is 2.29. The molecule has 1 aromatic carbocycles. The zero-order valence-electron chi connectivity index (χ0n) is 13.2. The Morgan fingerprint density at radius 2 is 1.81 bits per heavy atom. The molecular formula is C18H23N3. The smallest absolute Gasteiger partial charge is 0.145 e. The number of hydrogen-bond donors (Lipinski definition) is 0. The van der Waals surface area contributed by atoms with Gasteiger partial charge in [0.25, 0.3) is 0 Å². The Kier molecular flexibility index (Phi) is 3.91. The molecule has 0 aliphatic rings. The van der Waals surface area contributed by atoms with Crippen molar-refractivity contribution in [3.8, 4) is 0 Å².